The quantitative estimate of drug-likeness (QED) is 0.216. The fourth-order valence-electron chi connectivity index (χ4n) is 4.83. The number of carbonyl (C=O) groups is 2. The first kappa shape index (κ1) is 35.6. The molecular formula is C32H34F6N4O5. The van der Waals surface area contributed by atoms with Crippen molar-refractivity contribution >= 4 is 17.6 Å². The summed E-state index contributed by atoms with van der Waals surface area (Å²) in [6.45, 7) is 4.05. The number of halogens is 6. The van der Waals surface area contributed by atoms with Gasteiger partial charge in [0.05, 0.1) is 17.9 Å². The number of pyridine rings is 1. The lowest BCUT2D eigenvalue weighted by Crippen LogP contribution is -2.45. The first-order valence-electron chi connectivity index (χ1n) is 14.9. The summed E-state index contributed by atoms with van der Waals surface area (Å²) < 4.78 is 104. The predicted octanol–water partition coefficient (Wildman–Crippen LogP) is 8.96. The molecule has 1 amide bonds. The van der Waals surface area contributed by atoms with Gasteiger partial charge in [0.1, 0.15) is 11.3 Å². The molecule has 9 nitrogen and oxygen atoms in total. The first-order valence-corrected chi connectivity index (χ1v) is 14.9. The standard InChI is InChI=1S/C32H34F6N4O5/c1-29(2,3)47-28(44)39-22-18-21(31(33,34)35)24-23(43)16-12-7-5-4-6-8-13-17-30(32(36,37)38,45-19-20-14-10-9-11-15-20)27-42-41-26(46-27)25(22)40-24/h4-5,9-11,14-15,18H,6-8,12-13,16-17,19H2,1-3H3,(H,39,44)/b5-4+/t30-/m1/s1. The summed E-state index contributed by atoms with van der Waals surface area (Å²) in [4.78, 5) is 29.6. The van der Waals surface area contributed by atoms with Crippen LogP contribution in [0, 0.1) is 0 Å². The molecule has 1 aromatic carbocycles. The van der Waals surface area contributed by atoms with Gasteiger partial charge in [0, 0.05) is 6.42 Å². The molecule has 4 bridgehead atoms. The number of Topliss-reactive ketones (excluding diaryl/α,β-unsaturated/α-hetero) is 1. The number of carbonyl (C=O) groups excluding carboxylic acids is 2. The maximum Gasteiger partial charge on any atom is 0.426 e. The van der Waals surface area contributed by atoms with Crippen molar-refractivity contribution in [2.75, 3.05) is 5.32 Å². The van der Waals surface area contributed by atoms with Crippen molar-refractivity contribution in [3.63, 3.8) is 0 Å². The number of nitrogens with one attached hydrogen (secondary N) is 1. The number of nitrogens with zero attached hydrogens (tertiary/aromatic N) is 3. The number of ether oxygens (including phenoxy) is 2. The van der Waals surface area contributed by atoms with Crippen LogP contribution in [0.2, 0.25) is 0 Å². The fourth-order valence-corrected chi connectivity index (χ4v) is 4.83. The molecule has 3 aromatic rings. The number of amides is 1. The topological polar surface area (TPSA) is 116 Å². The zero-order valence-electron chi connectivity index (χ0n) is 25.9. The number of allylic oxidation sites excluding steroid dienone is 2. The number of rotatable bonds is 4. The molecule has 0 radical (unpaired) electrons. The third-order valence-corrected chi connectivity index (χ3v) is 7.08. The summed E-state index contributed by atoms with van der Waals surface area (Å²) >= 11 is 0. The number of anilines is 1. The average molecular weight is 669 g/mol. The average Bonchev–Trinajstić information content (AvgIpc) is 3.46. The molecule has 4 rings (SSSR count). The van der Waals surface area contributed by atoms with E-state index in [9.17, 15) is 22.8 Å². The van der Waals surface area contributed by atoms with E-state index in [1.165, 1.54) is 20.8 Å². The maximum atomic E-state index is 15.1. The predicted molar refractivity (Wildman–Crippen MR) is 157 cm³/mol. The Morgan fingerprint density at radius 2 is 1.64 bits per heavy atom. The monoisotopic (exact) mass is 668 g/mol. The van der Waals surface area contributed by atoms with Crippen molar-refractivity contribution in [1.82, 2.24) is 15.2 Å². The Morgan fingerprint density at radius 3 is 2.28 bits per heavy atom. The molecule has 1 N–H and O–H groups in total. The lowest BCUT2D eigenvalue weighted by atomic mass is 9.94. The minimum atomic E-state index is -5.10. The molecule has 1 aliphatic rings. The van der Waals surface area contributed by atoms with E-state index in [2.05, 4.69) is 20.5 Å². The largest absolute Gasteiger partial charge is 0.444 e. The molecule has 0 spiro atoms. The number of aromatic nitrogens is 3. The van der Waals surface area contributed by atoms with Gasteiger partial charge in [-0.2, -0.15) is 26.3 Å². The van der Waals surface area contributed by atoms with Crippen molar-refractivity contribution in [2.24, 2.45) is 0 Å². The molecular weight excluding hydrogens is 634 g/mol. The summed E-state index contributed by atoms with van der Waals surface area (Å²) in [5.41, 5.74) is -7.58. The van der Waals surface area contributed by atoms with Crippen LogP contribution in [0.3, 0.4) is 0 Å². The van der Waals surface area contributed by atoms with Gasteiger partial charge in [0.25, 0.3) is 11.8 Å². The number of hydrogen-bond donors (Lipinski definition) is 1. The molecule has 47 heavy (non-hydrogen) atoms. The number of fused-ring (bicyclic) bond motifs is 5. The Balaban J connectivity index is 1.91. The summed E-state index contributed by atoms with van der Waals surface area (Å²) in [5.74, 6) is -2.78. The normalized spacial score (nSPS) is 19.1. The van der Waals surface area contributed by atoms with Gasteiger partial charge in [-0.1, -0.05) is 42.5 Å². The van der Waals surface area contributed by atoms with Crippen LogP contribution < -0.4 is 5.32 Å². The fraction of sp³-hybridized carbons (Fsp3) is 0.469. The third kappa shape index (κ3) is 8.96. The van der Waals surface area contributed by atoms with Crippen molar-refractivity contribution in [2.45, 2.75) is 95.9 Å². The highest BCUT2D eigenvalue weighted by atomic mass is 19.4. The molecule has 0 saturated heterocycles. The minimum absolute atomic E-state index is 0.0307. The molecule has 0 fully saturated rings. The summed E-state index contributed by atoms with van der Waals surface area (Å²) in [6.07, 6.45) is -7.54. The Morgan fingerprint density at radius 1 is 0.957 bits per heavy atom. The molecule has 3 heterocycles. The zero-order chi connectivity index (χ0) is 34.5. The van der Waals surface area contributed by atoms with Gasteiger partial charge in [-0.05, 0) is 70.9 Å². The molecule has 0 saturated carbocycles. The van der Waals surface area contributed by atoms with Crippen molar-refractivity contribution in [3.05, 3.63) is 71.3 Å². The van der Waals surface area contributed by atoms with Crippen LogP contribution in [-0.2, 0) is 27.9 Å². The van der Waals surface area contributed by atoms with E-state index < -0.39 is 82.9 Å². The van der Waals surface area contributed by atoms with Crippen LogP contribution in [0.4, 0.5) is 36.8 Å². The van der Waals surface area contributed by atoms with Gasteiger partial charge in [-0.15, -0.1) is 10.2 Å². The second-order valence-electron chi connectivity index (χ2n) is 11.9. The Labute approximate surface area is 266 Å². The molecule has 0 unspecified atom stereocenters. The minimum Gasteiger partial charge on any atom is -0.444 e. The van der Waals surface area contributed by atoms with Crippen molar-refractivity contribution in [3.8, 4) is 11.6 Å². The summed E-state index contributed by atoms with van der Waals surface area (Å²) in [6, 6.07) is 8.55. The molecule has 1 atom stereocenters. The van der Waals surface area contributed by atoms with Crippen LogP contribution in [0.1, 0.15) is 93.2 Å². The Kier molecular flexibility index (Phi) is 10.8. The smallest absolute Gasteiger partial charge is 0.426 e. The number of ketones is 1. The van der Waals surface area contributed by atoms with E-state index in [1.54, 1.807) is 42.5 Å². The van der Waals surface area contributed by atoms with Gasteiger partial charge >= 0.3 is 18.4 Å². The highest BCUT2D eigenvalue weighted by Gasteiger charge is 2.61. The van der Waals surface area contributed by atoms with Crippen molar-refractivity contribution < 1.29 is 49.8 Å². The van der Waals surface area contributed by atoms with Crippen LogP contribution in [0.25, 0.3) is 11.6 Å². The van der Waals surface area contributed by atoms with Gasteiger partial charge < -0.3 is 13.9 Å². The highest BCUT2D eigenvalue weighted by molar-refractivity contribution is 5.98. The summed E-state index contributed by atoms with van der Waals surface area (Å²) in [7, 11) is 0. The van der Waals surface area contributed by atoms with E-state index in [1.807, 2.05) is 0 Å². The number of hydrogen-bond acceptors (Lipinski definition) is 8. The number of benzene rings is 1. The van der Waals surface area contributed by atoms with E-state index in [0.29, 0.717) is 30.9 Å². The van der Waals surface area contributed by atoms with Gasteiger partial charge in [-0.3, -0.25) is 10.1 Å². The zero-order valence-corrected chi connectivity index (χ0v) is 25.9. The van der Waals surface area contributed by atoms with Crippen molar-refractivity contribution in [1.29, 1.82) is 0 Å². The van der Waals surface area contributed by atoms with E-state index in [-0.39, 0.29) is 19.3 Å². The second kappa shape index (κ2) is 14.2. The molecule has 254 valence electrons. The maximum absolute atomic E-state index is 15.1. The highest BCUT2D eigenvalue weighted by Crippen LogP contribution is 2.47. The Bertz CT molecular complexity index is 1580. The van der Waals surface area contributed by atoms with Gasteiger partial charge in [0.2, 0.25) is 5.60 Å². The van der Waals surface area contributed by atoms with E-state index >= 15 is 13.2 Å². The molecule has 1 aliphatic heterocycles. The lowest BCUT2D eigenvalue weighted by Gasteiger charge is -2.32. The molecule has 0 aliphatic carbocycles. The van der Waals surface area contributed by atoms with Crippen LogP contribution in [0.15, 0.2) is 53.0 Å². The van der Waals surface area contributed by atoms with Crippen LogP contribution >= 0.6 is 0 Å². The van der Waals surface area contributed by atoms with Crippen LogP contribution in [0.5, 0.6) is 0 Å². The van der Waals surface area contributed by atoms with Gasteiger partial charge in [0.15, 0.2) is 11.5 Å². The number of alkyl halides is 6. The lowest BCUT2D eigenvalue weighted by molar-refractivity contribution is -0.300. The summed E-state index contributed by atoms with van der Waals surface area (Å²) in [5, 5.41) is 9.49. The van der Waals surface area contributed by atoms with Gasteiger partial charge in [-0.25, -0.2) is 9.78 Å². The Hall–Kier alpha value is -4.27. The molecule has 2 aromatic heterocycles. The van der Waals surface area contributed by atoms with E-state index in [0.717, 1.165) is 0 Å². The first-order chi connectivity index (χ1) is 22.0. The van der Waals surface area contributed by atoms with E-state index in [4.69, 9.17) is 13.9 Å². The third-order valence-electron chi connectivity index (χ3n) is 7.08. The second-order valence-corrected chi connectivity index (χ2v) is 11.9. The SMILES string of the molecule is CC(C)(C)OC(=O)Nc1cc(C(F)(F)F)c2nc1-c1nnc(o1)[C@@](OCc1ccccc1)(C(F)(F)F)CCCC/C=C/CCCC2=O. The van der Waals surface area contributed by atoms with Crippen LogP contribution in [-0.4, -0.2) is 38.8 Å². The molecule has 15 heteroatoms.